The Kier molecular flexibility index (Phi) is 4.57. The molecule has 0 spiro atoms. The molecule has 2 rings (SSSR count). The van der Waals surface area contributed by atoms with Crippen LogP contribution in [0.2, 0.25) is 0 Å². The van der Waals surface area contributed by atoms with Gasteiger partial charge < -0.3 is 10.1 Å². The first-order valence-corrected chi connectivity index (χ1v) is 7.84. The fourth-order valence-electron chi connectivity index (χ4n) is 2.33. The molecule has 1 heterocycles. The van der Waals surface area contributed by atoms with Crippen molar-refractivity contribution in [1.29, 1.82) is 0 Å². The molecule has 0 saturated carbocycles. The lowest BCUT2D eigenvalue weighted by atomic mass is 10.2. The Bertz CT molecular complexity index is 646. The van der Waals surface area contributed by atoms with Crippen LogP contribution in [0, 0.1) is 17.0 Å². The molecule has 21 heavy (non-hydrogen) atoms. The predicted octanol–water partition coefficient (Wildman–Crippen LogP) is 0.168. The van der Waals surface area contributed by atoms with Crippen molar-refractivity contribution < 1.29 is 18.1 Å². The van der Waals surface area contributed by atoms with Crippen LogP contribution in [0.5, 0.6) is 0 Å². The third kappa shape index (κ3) is 3.38. The molecule has 0 amide bonds. The largest absolute Gasteiger partial charge is 0.378 e. The van der Waals surface area contributed by atoms with Crippen molar-refractivity contribution in [1.82, 2.24) is 10.0 Å². The zero-order valence-electron chi connectivity index (χ0n) is 11.7. The van der Waals surface area contributed by atoms with E-state index in [9.17, 15) is 18.5 Å². The van der Waals surface area contributed by atoms with Crippen LogP contribution >= 0.6 is 0 Å². The Morgan fingerprint density at radius 3 is 2.71 bits per heavy atom. The SMILES string of the molecule is CO[C@H]1CNCC1NS(=O)(=O)c1ccc([N+](=O)[O-])cc1C. The van der Waals surface area contributed by atoms with Crippen molar-refractivity contribution in [2.45, 2.75) is 24.0 Å². The second-order valence-corrected chi connectivity index (χ2v) is 6.55. The molecule has 0 radical (unpaired) electrons. The zero-order chi connectivity index (χ0) is 15.6. The molecular weight excluding hydrogens is 298 g/mol. The summed E-state index contributed by atoms with van der Waals surface area (Å²) in [5.74, 6) is 0. The number of rotatable bonds is 5. The topological polar surface area (TPSA) is 111 Å². The van der Waals surface area contributed by atoms with Gasteiger partial charge in [0.15, 0.2) is 0 Å². The molecule has 116 valence electrons. The van der Waals surface area contributed by atoms with Gasteiger partial charge in [0.05, 0.1) is 22.0 Å². The molecule has 1 fully saturated rings. The van der Waals surface area contributed by atoms with E-state index in [1.165, 1.54) is 32.2 Å². The maximum atomic E-state index is 12.4. The van der Waals surface area contributed by atoms with Gasteiger partial charge in [-0.05, 0) is 18.6 Å². The number of nitro benzene ring substituents is 1. The monoisotopic (exact) mass is 315 g/mol. The van der Waals surface area contributed by atoms with Gasteiger partial charge in [0.1, 0.15) is 0 Å². The lowest BCUT2D eigenvalue weighted by Crippen LogP contribution is -2.43. The van der Waals surface area contributed by atoms with Crippen LogP contribution in [-0.4, -0.2) is 45.7 Å². The first-order valence-electron chi connectivity index (χ1n) is 6.36. The molecule has 8 nitrogen and oxygen atoms in total. The third-order valence-electron chi connectivity index (χ3n) is 3.43. The Morgan fingerprint density at radius 2 is 2.14 bits per heavy atom. The van der Waals surface area contributed by atoms with E-state index in [0.717, 1.165) is 0 Å². The molecule has 1 saturated heterocycles. The predicted molar refractivity (Wildman–Crippen MR) is 75.6 cm³/mol. The smallest absolute Gasteiger partial charge is 0.269 e. The van der Waals surface area contributed by atoms with Gasteiger partial charge >= 0.3 is 0 Å². The van der Waals surface area contributed by atoms with E-state index in [4.69, 9.17) is 4.74 Å². The minimum absolute atomic E-state index is 0.0369. The van der Waals surface area contributed by atoms with Crippen molar-refractivity contribution >= 4 is 15.7 Å². The summed E-state index contributed by atoms with van der Waals surface area (Å²) in [5.41, 5.74) is 0.195. The Labute approximate surface area is 122 Å². The molecule has 2 N–H and O–H groups in total. The second kappa shape index (κ2) is 6.06. The summed E-state index contributed by atoms with van der Waals surface area (Å²) in [6.07, 6.45) is -0.238. The zero-order valence-corrected chi connectivity index (χ0v) is 12.5. The number of hydrogen-bond donors (Lipinski definition) is 2. The third-order valence-corrected chi connectivity index (χ3v) is 5.08. The van der Waals surface area contributed by atoms with Crippen LogP contribution in [0.1, 0.15) is 5.56 Å². The van der Waals surface area contributed by atoms with Gasteiger partial charge in [-0.3, -0.25) is 10.1 Å². The summed E-state index contributed by atoms with van der Waals surface area (Å²) in [4.78, 5) is 10.2. The van der Waals surface area contributed by atoms with E-state index in [0.29, 0.717) is 18.7 Å². The number of non-ortho nitro benzene ring substituents is 1. The van der Waals surface area contributed by atoms with Gasteiger partial charge in [0.2, 0.25) is 10.0 Å². The lowest BCUT2D eigenvalue weighted by Gasteiger charge is -2.19. The average molecular weight is 315 g/mol. The van der Waals surface area contributed by atoms with Crippen molar-refractivity contribution in [3.05, 3.63) is 33.9 Å². The molecule has 0 aliphatic carbocycles. The second-order valence-electron chi connectivity index (χ2n) is 4.87. The minimum Gasteiger partial charge on any atom is -0.378 e. The number of benzene rings is 1. The summed E-state index contributed by atoms with van der Waals surface area (Å²) in [5, 5.41) is 13.7. The fourth-order valence-corrected chi connectivity index (χ4v) is 3.82. The molecule has 2 atom stereocenters. The molecule has 1 aliphatic heterocycles. The van der Waals surface area contributed by atoms with Crippen LogP contribution in [0.4, 0.5) is 5.69 Å². The van der Waals surface area contributed by atoms with Crippen LogP contribution < -0.4 is 10.0 Å². The normalized spacial score (nSPS) is 22.4. The van der Waals surface area contributed by atoms with Crippen molar-refractivity contribution in [3.63, 3.8) is 0 Å². The van der Waals surface area contributed by atoms with E-state index in [-0.39, 0.29) is 22.7 Å². The number of aryl methyl sites for hydroxylation is 1. The maximum Gasteiger partial charge on any atom is 0.269 e. The van der Waals surface area contributed by atoms with Crippen LogP contribution in [0.3, 0.4) is 0 Å². The summed E-state index contributed by atoms with van der Waals surface area (Å²) < 4.78 is 32.6. The van der Waals surface area contributed by atoms with E-state index in [1.54, 1.807) is 0 Å². The summed E-state index contributed by atoms with van der Waals surface area (Å²) in [7, 11) is -2.23. The van der Waals surface area contributed by atoms with Crippen molar-refractivity contribution in [2.24, 2.45) is 0 Å². The average Bonchev–Trinajstić information content (AvgIpc) is 2.84. The molecular formula is C12H17N3O5S. The first kappa shape index (κ1) is 15.8. The molecule has 1 aliphatic rings. The molecule has 9 heteroatoms. The number of nitrogens with zero attached hydrogens (tertiary/aromatic N) is 1. The number of hydrogen-bond acceptors (Lipinski definition) is 6. The van der Waals surface area contributed by atoms with Gasteiger partial charge in [-0.1, -0.05) is 0 Å². The Hall–Kier alpha value is -1.55. The molecule has 0 bridgehead atoms. The number of methoxy groups -OCH3 is 1. The van der Waals surface area contributed by atoms with E-state index >= 15 is 0 Å². The van der Waals surface area contributed by atoms with E-state index in [1.807, 2.05) is 0 Å². The quantitative estimate of drug-likeness (QED) is 0.592. The Balaban J connectivity index is 2.25. The molecule has 1 aromatic rings. The van der Waals surface area contributed by atoms with Crippen LogP contribution in [0.15, 0.2) is 23.1 Å². The van der Waals surface area contributed by atoms with Gasteiger partial charge in [0.25, 0.3) is 5.69 Å². The summed E-state index contributed by atoms with van der Waals surface area (Å²) >= 11 is 0. The van der Waals surface area contributed by atoms with Gasteiger partial charge in [0, 0.05) is 32.3 Å². The molecule has 1 aromatic carbocycles. The van der Waals surface area contributed by atoms with E-state index in [2.05, 4.69) is 10.0 Å². The van der Waals surface area contributed by atoms with Gasteiger partial charge in [-0.15, -0.1) is 0 Å². The van der Waals surface area contributed by atoms with Gasteiger partial charge in [-0.25, -0.2) is 13.1 Å². The van der Waals surface area contributed by atoms with Gasteiger partial charge in [-0.2, -0.15) is 0 Å². The highest BCUT2D eigenvalue weighted by atomic mass is 32.2. The first-order chi connectivity index (χ1) is 9.85. The van der Waals surface area contributed by atoms with Crippen molar-refractivity contribution in [3.8, 4) is 0 Å². The van der Waals surface area contributed by atoms with Crippen molar-refractivity contribution in [2.75, 3.05) is 20.2 Å². The van der Waals surface area contributed by atoms with Crippen LogP contribution in [-0.2, 0) is 14.8 Å². The highest BCUT2D eigenvalue weighted by Crippen LogP contribution is 2.21. The fraction of sp³-hybridized carbons (Fsp3) is 0.500. The number of nitrogens with one attached hydrogen (secondary N) is 2. The maximum absolute atomic E-state index is 12.4. The highest BCUT2D eigenvalue weighted by molar-refractivity contribution is 7.89. The summed E-state index contributed by atoms with van der Waals surface area (Å²) in [6.45, 7) is 2.58. The Morgan fingerprint density at radius 1 is 1.43 bits per heavy atom. The molecule has 1 unspecified atom stereocenters. The molecule has 0 aromatic heterocycles. The minimum atomic E-state index is -3.75. The van der Waals surface area contributed by atoms with E-state index < -0.39 is 14.9 Å². The highest BCUT2D eigenvalue weighted by Gasteiger charge is 2.31. The van der Waals surface area contributed by atoms with Crippen LogP contribution in [0.25, 0.3) is 0 Å². The number of sulfonamides is 1. The standard InChI is InChI=1S/C12H17N3O5S/c1-8-5-9(15(16)17)3-4-12(8)21(18,19)14-10-6-13-7-11(10)20-2/h3-5,10-11,13-14H,6-7H2,1-2H3/t10?,11-/m0/s1. The lowest BCUT2D eigenvalue weighted by molar-refractivity contribution is -0.385. The number of nitro groups is 1. The summed E-state index contributed by atoms with van der Waals surface area (Å²) in [6, 6.07) is 3.31. The number of ether oxygens (including phenoxy) is 1.